The Morgan fingerprint density at radius 3 is 2.82 bits per heavy atom. The van der Waals surface area contributed by atoms with Crippen molar-refractivity contribution in [1.82, 2.24) is 5.32 Å². The molecule has 0 bridgehead atoms. The van der Waals surface area contributed by atoms with Crippen molar-refractivity contribution in [2.24, 2.45) is 16.6 Å². The number of hydrogen-bond donors (Lipinski definition) is 3. The largest absolute Gasteiger partial charge is 0.370 e. The van der Waals surface area contributed by atoms with Crippen molar-refractivity contribution in [3.05, 3.63) is 29.3 Å². The zero-order valence-corrected chi connectivity index (χ0v) is 14.9. The van der Waals surface area contributed by atoms with Crippen molar-refractivity contribution in [3.63, 3.8) is 0 Å². The molecule has 6 heteroatoms. The molecule has 1 aromatic rings. The third-order valence-corrected chi connectivity index (χ3v) is 4.05. The van der Waals surface area contributed by atoms with E-state index in [2.05, 4.69) is 27.8 Å². The van der Waals surface area contributed by atoms with E-state index in [-0.39, 0.29) is 42.4 Å². The second-order valence-corrected chi connectivity index (χ2v) is 5.91. The molecule has 1 saturated carbocycles. The molecule has 0 aromatic heterocycles. The predicted molar refractivity (Wildman–Crippen MR) is 99.7 cm³/mol. The van der Waals surface area contributed by atoms with Crippen molar-refractivity contribution in [1.29, 1.82) is 0 Å². The summed E-state index contributed by atoms with van der Waals surface area (Å²) in [6, 6.07) is 6.28. The molecule has 0 atom stereocenters. The van der Waals surface area contributed by atoms with Gasteiger partial charge in [-0.15, -0.1) is 24.0 Å². The van der Waals surface area contributed by atoms with Gasteiger partial charge in [0.2, 0.25) is 5.91 Å². The molecule has 1 fully saturated rings. The topological polar surface area (TPSA) is 79.5 Å². The first-order chi connectivity index (χ1) is 10.2. The van der Waals surface area contributed by atoms with Crippen LogP contribution in [0, 0.1) is 5.92 Å². The van der Waals surface area contributed by atoms with Crippen molar-refractivity contribution in [2.75, 3.05) is 18.4 Å². The summed E-state index contributed by atoms with van der Waals surface area (Å²) in [4.78, 5) is 15.7. The van der Waals surface area contributed by atoms with Crippen LogP contribution in [0.4, 0.5) is 5.69 Å². The average Bonchev–Trinajstić information content (AvgIpc) is 3.19. The number of benzene rings is 1. The van der Waals surface area contributed by atoms with Crippen LogP contribution in [-0.4, -0.2) is 25.0 Å². The summed E-state index contributed by atoms with van der Waals surface area (Å²) < 4.78 is 0. The first kappa shape index (κ1) is 17.1. The third-order valence-electron chi connectivity index (χ3n) is 4.05. The van der Waals surface area contributed by atoms with Crippen LogP contribution in [0.2, 0.25) is 0 Å². The van der Waals surface area contributed by atoms with Crippen LogP contribution < -0.4 is 16.4 Å². The van der Waals surface area contributed by atoms with Gasteiger partial charge in [0.25, 0.3) is 0 Å². The maximum atomic E-state index is 11.6. The van der Waals surface area contributed by atoms with Crippen molar-refractivity contribution >= 4 is 41.5 Å². The minimum Gasteiger partial charge on any atom is -0.370 e. The molecule has 0 aliphatic heterocycles. The van der Waals surface area contributed by atoms with Gasteiger partial charge in [-0.05, 0) is 61.3 Å². The molecule has 0 spiro atoms. The van der Waals surface area contributed by atoms with Gasteiger partial charge in [0.05, 0.1) is 0 Å². The normalized spacial score (nSPS) is 16.6. The quantitative estimate of drug-likeness (QED) is 0.392. The maximum absolute atomic E-state index is 11.6. The molecule has 1 aromatic carbocycles. The van der Waals surface area contributed by atoms with E-state index in [1.165, 1.54) is 36.8 Å². The highest BCUT2D eigenvalue weighted by atomic mass is 127. The van der Waals surface area contributed by atoms with Crippen LogP contribution in [0.1, 0.15) is 30.4 Å². The van der Waals surface area contributed by atoms with Gasteiger partial charge in [-0.25, -0.2) is 4.99 Å². The SMILES string of the molecule is I.NC(=NCC(=O)NCC1CC1)Nc1ccc2c(c1)CCC2. The Labute approximate surface area is 148 Å². The van der Waals surface area contributed by atoms with Crippen LogP contribution in [0.25, 0.3) is 0 Å². The number of carbonyl (C=O) groups excluding carboxylic acids is 1. The fourth-order valence-electron chi connectivity index (χ4n) is 2.63. The van der Waals surface area contributed by atoms with E-state index < -0.39 is 0 Å². The van der Waals surface area contributed by atoms with Gasteiger partial charge in [0.15, 0.2) is 5.96 Å². The molecule has 22 heavy (non-hydrogen) atoms. The molecule has 4 N–H and O–H groups in total. The molecule has 0 radical (unpaired) electrons. The van der Waals surface area contributed by atoms with Gasteiger partial charge in [0, 0.05) is 12.2 Å². The van der Waals surface area contributed by atoms with Crippen LogP contribution in [0.5, 0.6) is 0 Å². The molecule has 0 saturated heterocycles. The minimum atomic E-state index is -0.0689. The minimum absolute atomic E-state index is 0. The lowest BCUT2D eigenvalue weighted by molar-refractivity contribution is -0.119. The highest BCUT2D eigenvalue weighted by Gasteiger charge is 2.21. The molecule has 1 amide bonds. The molecule has 120 valence electrons. The summed E-state index contributed by atoms with van der Waals surface area (Å²) in [6.45, 7) is 0.850. The summed E-state index contributed by atoms with van der Waals surface area (Å²) in [5.74, 6) is 0.898. The van der Waals surface area contributed by atoms with Crippen molar-refractivity contribution < 1.29 is 4.79 Å². The Morgan fingerprint density at radius 2 is 2.05 bits per heavy atom. The third kappa shape index (κ3) is 4.86. The number of nitrogens with two attached hydrogens (primary N) is 1. The van der Waals surface area contributed by atoms with Gasteiger partial charge in [0.1, 0.15) is 6.54 Å². The molecular weight excluding hydrogens is 391 g/mol. The highest BCUT2D eigenvalue weighted by molar-refractivity contribution is 14.0. The number of halogens is 1. The van der Waals surface area contributed by atoms with E-state index in [9.17, 15) is 4.79 Å². The Balaban J connectivity index is 0.00000176. The van der Waals surface area contributed by atoms with E-state index >= 15 is 0 Å². The zero-order valence-electron chi connectivity index (χ0n) is 12.6. The number of aryl methyl sites for hydroxylation is 2. The number of hydrogen-bond acceptors (Lipinski definition) is 2. The highest BCUT2D eigenvalue weighted by Crippen LogP contribution is 2.27. The molecule has 3 rings (SSSR count). The van der Waals surface area contributed by atoms with Crippen molar-refractivity contribution in [3.8, 4) is 0 Å². The van der Waals surface area contributed by atoms with Gasteiger partial charge < -0.3 is 16.4 Å². The van der Waals surface area contributed by atoms with E-state index in [0.717, 1.165) is 18.7 Å². The Bertz CT molecular complexity index is 569. The molecule has 2 aliphatic rings. The number of nitrogens with one attached hydrogen (secondary N) is 2. The summed E-state index contributed by atoms with van der Waals surface area (Å²) >= 11 is 0. The second kappa shape index (κ2) is 7.80. The van der Waals surface area contributed by atoms with E-state index in [0.29, 0.717) is 5.92 Å². The first-order valence-electron chi connectivity index (χ1n) is 7.66. The molecule has 2 aliphatic carbocycles. The van der Waals surface area contributed by atoms with Crippen LogP contribution in [0.15, 0.2) is 23.2 Å². The number of amides is 1. The number of fused-ring (bicyclic) bond motifs is 1. The monoisotopic (exact) mass is 414 g/mol. The van der Waals surface area contributed by atoms with Gasteiger partial charge in [-0.2, -0.15) is 0 Å². The summed E-state index contributed by atoms with van der Waals surface area (Å²) in [7, 11) is 0. The number of anilines is 1. The summed E-state index contributed by atoms with van der Waals surface area (Å²) in [5, 5.41) is 5.92. The molecule has 5 nitrogen and oxygen atoms in total. The number of carbonyl (C=O) groups is 1. The Morgan fingerprint density at radius 1 is 1.27 bits per heavy atom. The summed E-state index contributed by atoms with van der Waals surface area (Å²) in [5.41, 5.74) is 9.58. The van der Waals surface area contributed by atoms with Gasteiger partial charge >= 0.3 is 0 Å². The lowest BCUT2D eigenvalue weighted by Gasteiger charge is -2.08. The van der Waals surface area contributed by atoms with Crippen molar-refractivity contribution in [2.45, 2.75) is 32.1 Å². The summed E-state index contributed by atoms with van der Waals surface area (Å²) in [6.07, 6.45) is 5.98. The van der Waals surface area contributed by atoms with E-state index in [4.69, 9.17) is 5.73 Å². The molecular formula is C16H23IN4O. The molecule has 0 heterocycles. The Hall–Kier alpha value is -1.31. The number of nitrogens with zero attached hydrogens (tertiary/aromatic N) is 1. The van der Waals surface area contributed by atoms with E-state index in [1.807, 2.05) is 6.07 Å². The number of guanidine groups is 1. The van der Waals surface area contributed by atoms with Crippen LogP contribution >= 0.6 is 24.0 Å². The number of aliphatic imine (C=N–C) groups is 1. The fourth-order valence-corrected chi connectivity index (χ4v) is 2.63. The van der Waals surface area contributed by atoms with Crippen LogP contribution in [-0.2, 0) is 17.6 Å². The smallest absolute Gasteiger partial charge is 0.241 e. The van der Waals surface area contributed by atoms with Gasteiger partial charge in [-0.3, -0.25) is 4.79 Å². The Kier molecular flexibility index (Phi) is 6.05. The number of rotatable bonds is 5. The predicted octanol–water partition coefficient (Wildman–Crippen LogP) is 2.05. The average molecular weight is 414 g/mol. The van der Waals surface area contributed by atoms with Gasteiger partial charge in [-0.1, -0.05) is 6.07 Å². The molecule has 0 unspecified atom stereocenters. The fraction of sp³-hybridized carbons (Fsp3) is 0.500. The maximum Gasteiger partial charge on any atom is 0.241 e. The lowest BCUT2D eigenvalue weighted by Crippen LogP contribution is -2.30. The van der Waals surface area contributed by atoms with Crippen LogP contribution in [0.3, 0.4) is 0 Å². The zero-order chi connectivity index (χ0) is 14.7. The van der Waals surface area contributed by atoms with E-state index in [1.54, 1.807) is 0 Å². The second-order valence-electron chi connectivity index (χ2n) is 5.91. The first-order valence-corrected chi connectivity index (χ1v) is 7.66. The lowest BCUT2D eigenvalue weighted by atomic mass is 10.1. The standard InChI is InChI=1S/C16H22N4O.HI/c17-16(19-10-15(21)18-9-11-4-5-11)20-14-7-6-12-2-1-3-13(12)8-14;/h6-8,11H,1-5,9-10H2,(H,18,21)(H3,17,19,20);1H.